The van der Waals surface area contributed by atoms with Crippen molar-refractivity contribution in [2.75, 3.05) is 26.2 Å². The van der Waals surface area contributed by atoms with Crippen LogP contribution in [0.5, 0.6) is 0 Å². The maximum Gasteiger partial charge on any atom is 0.259 e. The minimum atomic E-state index is -0.0385. The summed E-state index contributed by atoms with van der Waals surface area (Å²) in [6.45, 7) is 7.65. The molecule has 2 aliphatic rings. The lowest BCUT2D eigenvalue weighted by molar-refractivity contribution is 0.00627. The summed E-state index contributed by atoms with van der Waals surface area (Å²) in [5.74, 6) is 0.615. The number of aryl methyl sites for hydroxylation is 1. The van der Waals surface area contributed by atoms with Crippen molar-refractivity contribution in [1.29, 1.82) is 0 Å². The number of amides is 1. The second kappa shape index (κ2) is 6.87. The molecule has 4 rings (SSSR count). The molecule has 7 heteroatoms. The van der Waals surface area contributed by atoms with Gasteiger partial charge < -0.3 is 14.4 Å². The van der Waals surface area contributed by atoms with E-state index in [1.165, 1.54) is 30.4 Å². The third-order valence-electron chi connectivity index (χ3n) is 6.04. The largest absolute Gasteiger partial charge is 0.361 e. The number of aromatic nitrogens is 3. The second-order valence-corrected chi connectivity index (χ2v) is 7.44. The smallest absolute Gasteiger partial charge is 0.259 e. The van der Waals surface area contributed by atoms with Crippen LogP contribution in [0.15, 0.2) is 17.0 Å². The van der Waals surface area contributed by atoms with Gasteiger partial charge in [-0.2, -0.15) is 0 Å². The highest BCUT2D eigenvalue weighted by Gasteiger charge is 2.47. The highest BCUT2D eigenvalue weighted by molar-refractivity contribution is 5.94. The molecule has 26 heavy (non-hydrogen) atoms. The Hall–Kier alpha value is -2.15. The number of likely N-dealkylation sites (tertiary alicyclic amines) is 1. The van der Waals surface area contributed by atoms with Gasteiger partial charge >= 0.3 is 0 Å². The monoisotopic (exact) mass is 357 g/mol. The molecular formula is C19H27N5O2. The van der Waals surface area contributed by atoms with Crippen LogP contribution in [0.1, 0.15) is 60.1 Å². The number of hydrogen-bond acceptors (Lipinski definition) is 5. The van der Waals surface area contributed by atoms with Crippen LogP contribution in [0, 0.1) is 6.92 Å². The van der Waals surface area contributed by atoms with Crippen molar-refractivity contribution < 1.29 is 9.32 Å². The molecule has 0 saturated carbocycles. The van der Waals surface area contributed by atoms with Gasteiger partial charge in [0.2, 0.25) is 0 Å². The summed E-state index contributed by atoms with van der Waals surface area (Å²) >= 11 is 0. The van der Waals surface area contributed by atoms with Gasteiger partial charge in [0.05, 0.1) is 23.8 Å². The molecule has 2 aromatic rings. The van der Waals surface area contributed by atoms with E-state index in [0.29, 0.717) is 11.3 Å². The molecule has 0 bridgehead atoms. The summed E-state index contributed by atoms with van der Waals surface area (Å²) in [5, 5.41) is 3.74. The molecule has 7 nitrogen and oxygen atoms in total. The quantitative estimate of drug-likeness (QED) is 0.909. The number of carbonyl (C=O) groups is 1. The van der Waals surface area contributed by atoms with Crippen molar-refractivity contribution in [2.24, 2.45) is 0 Å². The first kappa shape index (κ1) is 17.3. The molecule has 0 aromatic carbocycles. The van der Waals surface area contributed by atoms with E-state index in [9.17, 15) is 4.79 Å². The summed E-state index contributed by atoms with van der Waals surface area (Å²) in [4.78, 5) is 25.4. The third kappa shape index (κ3) is 2.74. The number of unbranched alkanes of at least 4 members (excludes halogenated alkanes) is 1. The first-order chi connectivity index (χ1) is 12.7. The molecule has 1 saturated heterocycles. The molecule has 1 spiro atoms. The number of H-pyrrole nitrogens is 1. The lowest BCUT2D eigenvalue weighted by atomic mass is 9.78. The fourth-order valence-electron chi connectivity index (χ4n) is 4.51. The predicted octanol–water partition coefficient (Wildman–Crippen LogP) is 2.50. The average Bonchev–Trinajstić information content (AvgIpc) is 3.31. The van der Waals surface area contributed by atoms with Crippen molar-refractivity contribution >= 4 is 5.91 Å². The van der Waals surface area contributed by atoms with E-state index in [1.54, 1.807) is 6.92 Å². The summed E-state index contributed by atoms with van der Waals surface area (Å²) in [7, 11) is 0. The van der Waals surface area contributed by atoms with Crippen LogP contribution in [0.3, 0.4) is 0 Å². The Labute approximate surface area is 153 Å². The Balaban J connectivity index is 1.55. The Kier molecular flexibility index (Phi) is 4.56. The van der Waals surface area contributed by atoms with Crippen LogP contribution in [0.2, 0.25) is 0 Å². The predicted molar refractivity (Wildman–Crippen MR) is 96.8 cm³/mol. The van der Waals surface area contributed by atoms with Crippen LogP contribution in [-0.2, 0) is 12.0 Å². The molecule has 1 amide bonds. The van der Waals surface area contributed by atoms with Gasteiger partial charge in [0, 0.05) is 31.7 Å². The molecular weight excluding hydrogens is 330 g/mol. The second-order valence-electron chi connectivity index (χ2n) is 7.44. The third-order valence-corrected chi connectivity index (χ3v) is 6.04. The Morgan fingerprint density at radius 3 is 2.85 bits per heavy atom. The zero-order valence-electron chi connectivity index (χ0n) is 15.6. The zero-order chi connectivity index (χ0) is 18.1. The number of nitrogens with one attached hydrogen (secondary N) is 1. The number of rotatable bonds is 4. The van der Waals surface area contributed by atoms with E-state index in [0.717, 1.165) is 45.4 Å². The van der Waals surface area contributed by atoms with Crippen molar-refractivity contribution in [2.45, 2.75) is 51.5 Å². The van der Waals surface area contributed by atoms with Gasteiger partial charge in [-0.1, -0.05) is 18.5 Å². The first-order valence-corrected chi connectivity index (χ1v) is 9.64. The van der Waals surface area contributed by atoms with Gasteiger partial charge in [-0.25, -0.2) is 4.98 Å². The number of hydrogen-bond donors (Lipinski definition) is 1. The van der Waals surface area contributed by atoms with Gasteiger partial charge in [-0.05, 0) is 32.7 Å². The van der Waals surface area contributed by atoms with Gasteiger partial charge in [0.15, 0.2) is 0 Å². The fraction of sp³-hybridized carbons (Fsp3) is 0.632. The number of imidazole rings is 1. The molecule has 0 aliphatic carbocycles. The van der Waals surface area contributed by atoms with Crippen molar-refractivity contribution in [3.05, 3.63) is 35.2 Å². The topological polar surface area (TPSA) is 78.3 Å². The summed E-state index contributed by atoms with van der Waals surface area (Å²) in [6, 6.07) is 0. The maximum atomic E-state index is 12.8. The van der Waals surface area contributed by atoms with Crippen LogP contribution in [0.25, 0.3) is 0 Å². The minimum absolute atomic E-state index is 0.0248. The van der Waals surface area contributed by atoms with E-state index in [-0.39, 0.29) is 11.4 Å². The number of fused-ring (bicyclic) bond motifs is 2. The van der Waals surface area contributed by atoms with E-state index in [2.05, 4.69) is 22.0 Å². The van der Waals surface area contributed by atoms with Crippen LogP contribution < -0.4 is 0 Å². The molecule has 0 atom stereocenters. The minimum Gasteiger partial charge on any atom is -0.361 e. The normalized spacial score (nSPS) is 19.7. The van der Waals surface area contributed by atoms with E-state index in [4.69, 9.17) is 9.51 Å². The Morgan fingerprint density at radius 1 is 1.35 bits per heavy atom. The molecule has 140 valence electrons. The highest BCUT2D eigenvalue weighted by atomic mass is 16.5. The lowest BCUT2D eigenvalue weighted by Crippen LogP contribution is -2.57. The number of piperidine rings is 1. The van der Waals surface area contributed by atoms with Gasteiger partial charge in [-0.15, -0.1) is 0 Å². The number of aromatic amines is 1. The number of carbonyl (C=O) groups excluding carboxylic acids is 1. The summed E-state index contributed by atoms with van der Waals surface area (Å²) < 4.78 is 5.06. The zero-order valence-corrected chi connectivity index (χ0v) is 15.6. The molecule has 4 heterocycles. The van der Waals surface area contributed by atoms with Gasteiger partial charge in [-0.3, -0.25) is 9.69 Å². The summed E-state index contributed by atoms with van der Waals surface area (Å²) in [5.41, 5.74) is 3.01. The lowest BCUT2D eigenvalue weighted by Gasteiger charge is -2.50. The Bertz CT molecular complexity index is 772. The molecule has 2 aliphatic heterocycles. The molecule has 0 unspecified atom stereocenters. The maximum absolute atomic E-state index is 12.8. The molecule has 1 N–H and O–H groups in total. The van der Waals surface area contributed by atoms with Gasteiger partial charge in [0.1, 0.15) is 11.3 Å². The SMILES string of the molecule is CCCCN1CCc2[nH]cnc2C12CCN(C(=O)c1cnoc1C)CC2. The van der Waals surface area contributed by atoms with E-state index in [1.807, 2.05) is 11.2 Å². The van der Waals surface area contributed by atoms with E-state index >= 15 is 0 Å². The van der Waals surface area contributed by atoms with Crippen LogP contribution >= 0.6 is 0 Å². The van der Waals surface area contributed by atoms with Gasteiger partial charge in [0.25, 0.3) is 5.91 Å². The van der Waals surface area contributed by atoms with Crippen molar-refractivity contribution in [3.8, 4) is 0 Å². The van der Waals surface area contributed by atoms with Crippen molar-refractivity contribution in [1.82, 2.24) is 24.9 Å². The first-order valence-electron chi connectivity index (χ1n) is 9.64. The molecule has 0 radical (unpaired) electrons. The molecule has 1 fully saturated rings. The molecule has 2 aromatic heterocycles. The van der Waals surface area contributed by atoms with Crippen LogP contribution in [0.4, 0.5) is 0 Å². The van der Waals surface area contributed by atoms with Crippen LogP contribution in [-0.4, -0.2) is 57.0 Å². The van der Waals surface area contributed by atoms with Crippen molar-refractivity contribution in [3.63, 3.8) is 0 Å². The fourth-order valence-corrected chi connectivity index (χ4v) is 4.51. The number of nitrogens with zero attached hydrogens (tertiary/aromatic N) is 4. The standard InChI is InChI=1S/C19H27N5O2/c1-3-4-8-24-9-5-16-17(21-13-20-16)19(24)6-10-23(11-7-19)18(25)15-12-22-26-14(15)2/h12-13H,3-11H2,1-2H3,(H,20,21). The Morgan fingerprint density at radius 2 is 2.15 bits per heavy atom. The highest BCUT2D eigenvalue weighted by Crippen LogP contribution is 2.42. The summed E-state index contributed by atoms with van der Waals surface area (Å²) in [6.07, 6.45) is 8.62. The van der Waals surface area contributed by atoms with E-state index < -0.39 is 0 Å². The average molecular weight is 357 g/mol.